The van der Waals surface area contributed by atoms with Crippen molar-refractivity contribution in [3.63, 3.8) is 0 Å². The van der Waals surface area contributed by atoms with Gasteiger partial charge in [0.2, 0.25) is 11.8 Å². The number of aliphatic hydroxyl groups excluding tert-OH is 1. The highest BCUT2D eigenvalue weighted by Gasteiger charge is 2.37. The summed E-state index contributed by atoms with van der Waals surface area (Å²) in [4.78, 5) is 23.0. The first-order valence-electron chi connectivity index (χ1n) is 5.42. The van der Waals surface area contributed by atoms with Crippen molar-refractivity contribution in [2.45, 2.75) is 25.4 Å². The zero-order chi connectivity index (χ0) is 10.8. The highest BCUT2D eigenvalue weighted by atomic mass is 16.3. The summed E-state index contributed by atoms with van der Waals surface area (Å²) >= 11 is 0. The van der Waals surface area contributed by atoms with Gasteiger partial charge in [-0.25, -0.2) is 0 Å². The predicted molar refractivity (Wildman–Crippen MR) is 52.9 cm³/mol. The van der Waals surface area contributed by atoms with Crippen LogP contribution in [-0.2, 0) is 9.59 Å². The molecule has 1 saturated carbocycles. The first-order valence-corrected chi connectivity index (χ1v) is 5.42. The van der Waals surface area contributed by atoms with E-state index in [0.29, 0.717) is 25.4 Å². The lowest BCUT2D eigenvalue weighted by Crippen LogP contribution is -2.52. The lowest BCUT2D eigenvalue weighted by atomic mass is 9.94. The highest BCUT2D eigenvalue weighted by molar-refractivity contribution is 6.01. The molecule has 0 radical (unpaired) electrons. The largest absolute Gasteiger partial charge is 0.392 e. The predicted octanol–water partition coefficient (Wildman–Crippen LogP) is -0.990. The monoisotopic (exact) mass is 212 g/mol. The number of carbonyl (C=O) groups is 2. The average Bonchev–Trinajstić information content (AvgIpc) is 2.97. The second kappa shape index (κ2) is 4.18. The standard InChI is InChI=1S/C10H16N2O3/c13-7-3-4-11-9(14)8(7)10(15)12-5-6-1-2-6/h6-8,13H,1-5H2,(H,11,14)(H,12,15). The molecule has 5 heteroatoms. The van der Waals surface area contributed by atoms with Crippen LogP contribution in [0.5, 0.6) is 0 Å². The molecule has 1 heterocycles. The number of amides is 2. The van der Waals surface area contributed by atoms with Crippen LogP contribution in [0.15, 0.2) is 0 Å². The zero-order valence-electron chi connectivity index (χ0n) is 8.53. The molecule has 2 rings (SSSR count). The van der Waals surface area contributed by atoms with Gasteiger partial charge in [-0.1, -0.05) is 0 Å². The van der Waals surface area contributed by atoms with Crippen molar-refractivity contribution in [1.82, 2.24) is 10.6 Å². The molecule has 3 N–H and O–H groups in total. The Labute approximate surface area is 88.2 Å². The minimum atomic E-state index is -0.919. The van der Waals surface area contributed by atoms with Gasteiger partial charge >= 0.3 is 0 Å². The molecule has 2 amide bonds. The van der Waals surface area contributed by atoms with E-state index in [0.717, 1.165) is 12.8 Å². The Kier molecular flexibility index (Phi) is 2.90. The molecular formula is C10H16N2O3. The molecule has 5 nitrogen and oxygen atoms in total. The maximum Gasteiger partial charge on any atom is 0.235 e. The van der Waals surface area contributed by atoms with E-state index in [4.69, 9.17) is 0 Å². The zero-order valence-corrected chi connectivity index (χ0v) is 8.53. The van der Waals surface area contributed by atoms with Crippen molar-refractivity contribution in [3.05, 3.63) is 0 Å². The van der Waals surface area contributed by atoms with Gasteiger partial charge in [-0.15, -0.1) is 0 Å². The van der Waals surface area contributed by atoms with Gasteiger partial charge in [-0.2, -0.15) is 0 Å². The SMILES string of the molecule is O=C1NCCC(O)C1C(=O)NCC1CC1. The lowest BCUT2D eigenvalue weighted by Gasteiger charge is -2.26. The molecule has 1 aliphatic heterocycles. The summed E-state index contributed by atoms with van der Waals surface area (Å²) in [6.07, 6.45) is 1.92. The lowest BCUT2D eigenvalue weighted by molar-refractivity contribution is -0.142. The average molecular weight is 212 g/mol. The third-order valence-corrected chi connectivity index (χ3v) is 2.95. The Bertz CT molecular complexity index is 276. The Morgan fingerprint density at radius 2 is 2.20 bits per heavy atom. The Hall–Kier alpha value is -1.10. The van der Waals surface area contributed by atoms with Crippen LogP contribution in [0, 0.1) is 11.8 Å². The number of piperidine rings is 1. The minimum Gasteiger partial charge on any atom is -0.392 e. The van der Waals surface area contributed by atoms with Gasteiger partial charge in [0.15, 0.2) is 0 Å². The topological polar surface area (TPSA) is 78.4 Å². The normalized spacial score (nSPS) is 30.9. The summed E-state index contributed by atoms with van der Waals surface area (Å²) in [7, 11) is 0. The van der Waals surface area contributed by atoms with E-state index in [1.54, 1.807) is 0 Å². The number of carbonyl (C=O) groups excluding carboxylic acids is 2. The minimum absolute atomic E-state index is 0.341. The van der Waals surface area contributed by atoms with Crippen LogP contribution in [0.4, 0.5) is 0 Å². The van der Waals surface area contributed by atoms with Crippen LogP contribution in [-0.4, -0.2) is 36.1 Å². The molecule has 0 aromatic rings. The van der Waals surface area contributed by atoms with E-state index < -0.39 is 12.0 Å². The fourth-order valence-corrected chi connectivity index (χ4v) is 1.77. The van der Waals surface area contributed by atoms with Gasteiger partial charge in [0.1, 0.15) is 5.92 Å². The molecule has 1 saturated heterocycles. The third kappa shape index (κ3) is 2.47. The van der Waals surface area contributed by atoms with Crippen molar-refractivity contribution in [2.24, 2.45) is 11.8 Å². The van der Waals surface area contributed by atoms with Crippen LogP contribution in [0.3, 0.4) is 0 Å². The molecule has 2 aliphatic rings. The van der Waals surface area contributed by atoms with Crippen LogP contribution in [0.25, 0.3) is 0 Å². The summed E-state index contributed by atoms with van der Waals surface area (Å²) in [6.45, 7) is 1.09. The maximum absolute atomic E-state index is 11.6. The van der Waals surface area contributed by atoms with Crippen molar-refractivity contribution >= 4 is 11.8 Å². The number of hydrogen-bond acceptors (Lipinski definition) is 3. The molecule has 15 heavy (non-hydrogen) atoms. The molecular weight excluding hydrogens is 196 g/mol. The fraction of sp³-hybridized carbons (Fsp3) is 0.800. The van der Waals surface area contributed by atoms with E-state index in [1.165, 1.54) is 0 Å². The van der Waals surface area contributed by atoms with E-state index >= 15 is 0 Å². The van der Waals surface area contributed by atoms with Gasteiger partial charge in [0.05, 0.1) is 6.10 Å². The molecule has 2 unspecified atom stereocenters. The van der Waals surface area contributed by atoms with Crippen LogP contribution in [0.2, 0.25) is 0 Å². The molecule has 2 fully saturated rings. The second-order valence-corrected chi connectivity index (χ2v) is 4.31. The quantitative estimate of drug-likeness (QED) is 0.526. The maximum atomic E-state index is 11.6. The fourth-order valence-electron chi connectivity index (χ4n) is 1.77. The third-order valence-electron chi connectivity index (χ3n) is 2.95. The number of rotatable bonds is 3. The van der Waals surface area contributed by atoms with Gasteiger partial charge in [-0.3, -0.25) is 9.59 Å². The van der Waals surface area contributed by atoms with Crippen molar-refractivity contribution in [2.75, 3.05) is 13.1 Å². The summed E-state index contributed by atoms with van der Waals surface area (Å²) in [5, 5.41) is 14.9. The van der Waals surface area contributed by atoms with Crippen LogP contribution < -0.4 is 10.6 Å². The number of hydrogen-bond donors (Lipinski definition) is 3. The van der Waals surface area contributed by atoms with Crippen molar-refractivity contribution < 1.29 is 14.7 Å². The molecule has 0 aromatic heterocycles. The van der Waals surface area contributed by atoms with Crippen molar-refractivity contribution in [1.29, 1.82) is 0 Å². The molecule has 1 aliphatic carbocycles. The number of aliphatic hydroxyl groups is 1. The summed E-state index contributed by atoms with van der Waals surface area (Å²) in [6, 6.07) is 0. The van der Waals surface area contributed by atoms with E-state index in [-0.39, 0.29) is 11.8 Å². The second-order valence-electron chi connectivity index (χ2n) is 4.31. The highest BCUT2D eigenvalue weighted by Crippen LogP contribution is 2.27. The van der Waals surface area contributed by atoms with Gasteiger partial charge in [-0.05, 0) is 25.2 Å². The molecule has 2 atom stereocenters. The summed E-state index contributed by atoms with van der Waals surface area (Å²) in [5.41, 5.74) is 0. The van der Waals surface area contributed by atoms with Gasteiger partial charge in [0.25, 0.3) is 0 Å². The van der Waals surface area contributed by atoms with Crippen molar-refractivity contribution in [3.8, 4) is 0 Å². The van der Waals surface area contributed by atoms with E-state index in [9.17, 15) is 14.7 Å². The Balaban J connectivity index is 1.87. The van der Waals surface area contributed by atoms with E-state index in [2.05, 4.69) is 10.6 Å². The summed E-state index contributed by atoms with van der Waals surface area (Å²) in [5.74, 6) is -1.04. The van der Waals surface area contributed by atoms with Gasteiger partial charge in [0, 0.05) is 13.1 Å². The molecule has 0 aromatic carbocycles. The Morgan fingerprint density at radius 1 is 1.47 bits per heavy atom. The number of nitrogens with one attached hydrogen (secondary N) is 2. The smallest absolute Gasteiger partial charge is 0.235 e. The molecule has 0 spiro atoms. The first kappa shape index (κ1) is 10.4. The van der Waals surface area contributed by atoms with Gasteiger partial charge < -0.3 is 15.7 Å². The first-order chi connectivity index (χ1) is 7.18. The van der Waals surface area contributed by atoms with Crippen LogP contribution >= 0.6 is 0 Å². The van der Waals surface area contributed by atoms with E-state index in [1.807, 2.05) is 0 Å². The molecule has 0 bridgehead atoms. The Morgan fingerprint density at radius 3 is 2.80 bits per heavy atom. The van der Waals surface area contributed by atoms with Crippen LogP contribution in [0.1, 0.15) is 19.3 Å². The summed E-state index contributed by atoms with van der Waals surface area (Å²) < 4.78 is 0. The molecule has 84 valence electrons.